The van der Waals surface area contributed by atoms with Crippen molar-refractivity contribution in [2.45, 2.75) is 6.92 Å². The van der Waals surface area contributed by atoms with Crippen LogP contribution in [0.25, 0.3) is 38.9 Å². The predicted molar refractivity (Wildman–Crippen MR) is 134 cm³/mol. The van der Waals surface area contributed by atoms with Crippen molar-refractivity contribution < 1.29 is 0 Å². The third kappa shape index (κ3) is 3.45. The molecule has 2 aromatic carbocycles. The van der Waals surface area contributed by atoms with E-state index in [-0.39, 0.29) is 0 Å². The van der Waals surface area contributed by atoms with E-state index >= 15 is 0 Å². The van der Waals surface area contributed by atoms with Crippen molar-refractivity contribution >= 4 is 22.2 Å². The van der Waals surface area contributed by atoms with Gasteiger partial charge in [0.05, 0.1) is 34.7 Å². The molecule has 0 radical (unpaired) electrons. The van der Waals surface area contributed by atoms with Crippen molar-refractivity contribution in [3.63, 3.8) is 0 Å². The van der Waals surface area contributed by atoms with Crippen LogP contribution in [0.3, 0.4) is 0 Å². The van der Waals surface area contributed by atoms with Crippen molar-refractivity contribution in [3.8, 4) is 28.5 Å². The van der Waals surface area contributed by atoms with E-state index in [1.165, 1.54) is 5.69 Å². The topological polar surface area (TPSA) is 82.1 Å². The van der Waals surface area contributed by atoms with Gasteiger partial charge in [0.2, 0.25) is 0 Å². The van der Waals surface area contributed by atoms with Gasteiger partial charge in [-0.2, -0.15) is 10.4 Å². The maximum absolute atomic E-state index is 9.22. The number of pyridine rings is 1. The fourth-order valence-electron chi connectivity index (χ4n) is 4.69. The number of nitrogens with one attached hydrogen (secondary N) is 1. The molecular weight excluding hydrogens is 422 g/mol. The zero-order valence-electron chi connectivity index (χ0n) is 18.9. The minimum absolute atomic E-state index is 0.594. The van der Waals surface area contributed by atoms with Gasteiger partial charge in [0.25, 0.3) is 0 Å². The first-order valence-electron chi connectivity index (χ1n) is 11.4. The number of aromatic nitrogens is 4. The first-order chi connectivity index (χ1) is 16.7. The Morgan fingerprint density at radius 2 is 1.76 bits per heavy atom. The van der Waals surface area contributed by atoms with Crippen molar-refractivity contribution in [1.29, 1.82) is 5.26 Å². The highest BCUT2D eigenvalue weighted by Crippen LogP contribution is 2.31. The van der Waals surface area contributed by atoms with Gasteiger partial charge in [-0.3, -0.25) is 4.98 Å². The standard InChI is InChI=1S/C27H23N7/c1-18-24(20-3-5-21(6-4-20)33-12-10-29-11-13-33)15-27-31-17-26(34(27)32-18)23-8-9-30-25-14-19(16-28)2-7-22(23)25/h2-9,14-15,17,29H,10-13H2,1H3. The number of nitriles is 1. The Hall–Kier alpha value is -4.28. The quantitative estimate of drug-likeness (QED) is 0.448. The Kier molecular flexibility index (Phi) is 4.93. The molecule has 3 aromatic heterocycles. The lowest BCUT2D eigenvalue weighted by atomic mass is 10.0. The number of fused-ring (bicyclic) bond motifs is 2. The zero-order chi connectivity index (χ0) is 23.1. The van der Waals surface area contributed by atoms with Crippen LogP contribution in [0, 0.1) is 18.3 Å². The summed E-state index contributed by atoms with van der Waals surface area (Å²) < 4.78 is 1.89. The van der Waals surface area contributed by atoms with Crippen LogP contribution in [0.5, 0.6) is 0 Å². The Bertz CT molecular complexity index is 1550. The largest absolute Gasteiger partial charge is 0.369 e. The van der Waals surface area contributed by atoms with Crippen LogP contribution in [0.1, 0.15) is 11.3 Å². The number of rotatable bonds is 3. The summed E-state index contributed by atoms with van der Waals surface area (Å²) in [6, 6.07) is 20.5. The highest BCUT2D eigenvalue weighted by atomic mass is 15.3. The number of hydrogen-bond acceptors (Lipinski definition) is 6. The molecule has 0 saturated carbocycles. The second-order valence-corrected chi connectivity index (χ2v) is 8.54. The molecule has 1 aliphatic rings. The Morgan fingerprint density at radius 3 is 2.56 bits per heavy atom. The van der Waals surface area contributed by atoms with Crippen LogP contribution in [-0.2, 0) is 0 Å². The third-order valence-corrected chi connectivity index (χ3v) is 6.49. The summed E-state index contributed by atoms with van der Waals surface area (Å²) in [6.07, 6.45) is 3.62. The molecule has 1 N–H and O–H groups in total. The van der Waals surface area contributed by atoms with E-state index in [2.05, 4.69) is 56.6 Å². The average molecular weight is 446 g/mol. The molecule has 4 heterocycles. The number of imidazole rings is 1. The van der Waals surface area contributed by atoms with Crippen LogP contribution in [0.2, 0.25) is 0 Å². The molecular formula is C27H23N7. The normalized spacial score (nSPS) is 13.9. The van der Waals surface area contributed by atoms with Crippen molar-refractivity contribution in [1.82, 2.24) is 24.9 Å². The first kappa shape index (κ1) is 20.3. The van der Waals surface area contributed by atoms with E-state index in [0.717, 1.165) is 70.8 Å². The van der Waals surface area contributed by atoms with Gasteiger partial charge in [-0.05, 0) is 48.9 Å². The lowest BCUT2D eigenvalue weighted by molar-refractivity contribution is 0.589. The Balaban J connectivity index is 1.39. The molecule has 0 amide bonds. The molecule has 0 bridgehead atoms. The minimum Gasteiger partial charge on any atom is -0.369 e. The van der Waals surface area contributed by atoms with Crippen LogP contribution in [0.4, 0.5) is 5.69 Å². The Morgan fingerprint density at radius 1 is 0.941 bits per heavy atom. The number of benzene rings is 2. The van der Waals surface area contributed by atoms with Crippen molar-refractivity contribution in [3.05, 3.63) is 78.2 Å². The Labute approximate surface area is 197 Å². The molecule has 7 nitrogen and oxygen atoms in total. The SMILES string of the molecule is Cc1nn2c(-c3ccnc4cc(C#N)ccc34)cnc2cc1-c1ccc(N2CCNCC2)cc1. The predicted octanol–water partition coefficient (Wildman–Crippen LogP) is 4.20. The van der Waals surface area contributed by atoms with Gasteiger partial charge in [-0.1, -0.05) is 18.2 Å². The molecule has 6 rings (SSSR count). The minimum atomic E-state index is 0.594. The van der Waals surface area contributed by atoms with Gasteiger partial charge < -0.3 is 10.2 Å². The van der Waals surface area contributed by atoms with Crippen molar-refractivity contribution in [2.24, 2.45) is 0 Å². The molecule has 1 aliphatic heterocycles. The molecule has 7 heteroatoms. The molecule has 0 spiro atoms. The zero-order valence-corrected chi connectivity index (χ0v) is 18.9. The molecule has 0 unspecified atom stereocenters. The van der Waals surface area contributed by atoms with Gasteiger partial charge in [-0.25, -0.2) is 9.50 Å². The van der Waals surface area contributed by atoms with Crippen LogP contribution >= 0.6 is 0 Å². The van der Waals surface area contributed by atoms with E-state index in [0.29, 0.717) is 5.56 Å². The van der Waals surface area contributed by atoms with E-state index in [1.807, 2.05) is 41.9 Å². The number of hydrogen-bond donors (Lipinski definition) is 1. The maximum Gasteiger partial charge on any atom is 0.154 e. The molecule has 5 aromatic rings. The molecule has 34 heavy (non-hydrogen) atoms. The molecule has 0 atom stereocenters. The molecule has 1 fully saturated rings. The summed E-state index contributed by atoms with van der Waals surface area (Å²) in [7, 11) is 0. The average Bonchev–Trinajstić information content (AvgIpc) is 3.30. The number of aryl methyl sites for hydroxylation is 1. The van der Waals surface area contributed by atoms with Crippen LogP contribution < -0.4 is 10.2 Å². The lowest BCUT2D eigenvalue weighted by Gasteiger charge is -2.29. The summed E-state index contributed by atoms with van der Waals surface area (Å²) in [5.41, 5.74) is 8.46. The van der Waals surface area contributed by atoms with Gasteiger partial charge >= 0.3 is 0 Å². The summed E-state index contributed by atoms with van der Waals surface area (Å²) in [5.74, 6) is 0. The monoisotopic (exact) mass is 445 g/mol. The highest BCUT2D eigenvalue weighted by molar-refractivity contribution is 5.94. The van der Waals surface area contributed by atoms with Gasteiger partial charge in [0.1, 0.15) is 0 Å². The fourth-order valence-corrected chi connectivity index (χ4v) is 4.69. The fraction of sp³-hybridized carbons (Fsp3) is 0.185. The summed E-state index contributed by atoms with van der Waals surface area (Å²) in [6.45, 7) is 6.15. The van der Waals surface area contributed by atoms with E-state index in [4.69, 9.17) is 5.10 Å². The van der Waals surface area contributed by atoms with Gasteiger partial charge in [-0.15, -0.1) is 0 Å². The smallest absolute Gasteiger partial charge is 0.154 e. The van der Waals surface area contributed by atoms with Crippen LogP contribution in [-0.4, -0.2) is 45.8 Å². The molecule has 1 saturated heterocycles. The summed E-state index contributed by atoms with van der Waals surface area (Å²) in [5, 5.41) is 18.5. The number of piperazine rings is 1. The number of nitrogens with zero attached hydrogens (tertiary/aromatic N) is 6. The highest BCUT2D eigenvalue weighted by Gasteiger charge is 2.15. The first-order valence-corrected chi connectivity index (χ1v) is 11.4. The van der Waals surface area contributed by atoms with Crippen molar-refractivity contribution in [2.75, 3.05) is 31.1 Å². The van der Waals surface area contributed by atoms with E-state index < -0.39 is 0 Å². The summed E-state index contributed by atoms with van der Waals surface area (Å²) >= 11 is 0. The second-order valence-electron chi connectivity index (χ2n) is 8.54. The lowest BCUT2D eigenvalue weighted by Crippen LogP contribution is -2.43. The summed E-state index contributed by atoms with van der Waals surface area (Å²) in [4.78, 5) is 11.5. The second kappa shape index (κ2) is 8.25. The van der Waals surface area contributed by atoms with E-state index in [1.54, 1.807) is 6.20 Å². The molecule has 0 aliphatic carbocycles. The van der Waals surface area contributed by atoms with Gasteiger partial charge in [0.15, 0.2) is 5.65 Å². The maximum atomic E-state index is 9.22. The van der Waals surface area contributed by atoms with Crippen LogP contribution in [0.15, 0.2) is 67.0 Å². The van der Waals surface area contributed by atoms with Gasteiger partial charge in [0, 0.05) is 54.6 Å². The third-order valence-electron chi connectivity index (χ3n) is 6.49. The van der Waals surface area contributed by atoms with E-state index in [9.17, 15) is 5.26 Å². The molecule has 166 valence electrons. The number of anilines is 1.